The molecule has 8 heteroatoms. The number of nitrogens with zero attached hydrogens (tertiary/aromatic N) is 6. The van der Waals surface area contributed by atoms with Crippen molar-refractivity contribution in [2.24, 2.45) is 0 Å². The highest BCUT2D eigenvalue weighted by atomic mass is 16.1. The van der Waals surface area contributed by atoms with Crippen molar-refractivity contribution in [2.75, 3.05) is 0 Å². The summed E-state index contributed by atoms with van der Waals surface area (Å²) in [6, 6.07) is 6.08. The minimum Gasteiger partial charge on any atom is -0.349 e. The van der Waals surface area contributed by atoms with Crippen molar-refractivity contribution in [3.63, 3.8) is 0 Å². The SMILES string of the molecule is O=C(NC1CCC(n2cncn2)CC1)c1cnc(-c2ccccn2)nc1. The van der Waals surface area contributed by atoms with Gasteiger partial charge in [-0.05, 0) is 37.8 Å². The molecule has 1 amide bonds. The van der Waals surface area contributed by atoms with Gasteiger partial charge in [-0.25, -0.2) is 19.6 Å². The Labute approximate surface area is 150 Å². The molecule has 3 aromatic rings. The Morgan fingerprint density at radius 2 is 1.88 bits per heavy atom. The number of nitrogens with one attached hydrogen (secondary N) is 1. The maximum absolute atomic E-state index is 12.4. The second-order valence-corrected chi connectivity index (χ2v) is 6.36. The van der Waals surface area contributed by atoms with Crippen LogP contribution in [0.15, 0.2) is 49.4 Å². The predicted molar refractivity (Wildman–Crippen MR) is 94.0 cm³/mol. The molecule has 1 fully saturated rings. The molecule has 0 radical (unpaired) electrons. The molecule has 26 heavy (non-hydrogen) atoms. The van der Waals surface area contributed by atoms with E-state index < -0.39 is 0 Å². The van der Waals surface area contributed by atoms with Gasteiger partial charge in [0.25, 0.3) is 5.91 Å². The van der Waals surface area contributed by atoms with Gasteiger partial charge in [0.2, 0.25) is 0 Å². The number of hydrogen-bond acceptors (Lipinski definition) is 6. The Hall–Kier alpha value is -3.16. The molecular weight excluding hydrogens is 330 g/mol. The molecule has 0 unspecified atom stereocenters. The Morgan fingerprint density at radius 3 is 2.54 bits per heavy atom. The van der Waals surface area contributed by atoms with Crippen LogP contribution in [0, 0.1) is 0 Å². The average Bonchev–Trinajstić information content (AvgIpc) is 3.24. The Bertz CT molecular complexity index is 841. The first-order valence-electron chi connectivity index (χ1n) is 8.68. The highest BCUT2D eigenvalue weighted by Crippen LogP contribution is 2.27. The molecule has 0 aromatic carbocycles. The van der Waals surface area contributed by atoms with Crippen LogP contribution in [0.2, 0.25) is 0 Å². The summed E-state index contributed by atoms with van der Waals surface area (Å²) in [5.41, 5.74) is 1.15. The molecule has 1 aliphatic rings. The van der Waals surface area contributed by atoms with E-state index in [0.717, 1.165) is 25.7 Å². The van der Waals surface area contributed by atoms with Crippen LogP contribution in [0.3, 0.4) is 0 Å². The van der Waals surface area contributed by atoms with Crippen molar-refractivity contribution >= 4 is 5.91 Å². The van der Waals surface area contributed by atoms with Crippen molar-refractivity contribution in [1.29, 1.82) is 0 Å². The lowest BCUT2D eigenvalue weighted by Gasteiger charge is -2.28. The molecular formula is C18H19N7O. The molecule has 0 spiro atoms. The number of carbonyl (C=O) groups excluding carboxylic acids is 1. The van der Waals surface area contributed by atoms with Crippen LogP contribution >= 0.6 is 0 Å². The summed E-state index contributed by atoms with van der Waals surface area (Å²) in [5, 5.41) is 7.28. The zero-order chi connectivity index (χ0) is 17.8. The largest absolute Gasteiger partial charge is 0.349 e. The molecule has 1 saturated carbocycles. The quantitative estimate of drug-likeness (QED) is 0.774. The lowest BCUT2D eigenvalue weighted by atomic mass is 9.91. The molecule has 3 heterocycles. The van der Waals surface area contributed by atoms with Crippen molar-refractivity contribution < 1.29 is 4.79 Å². The van der Waals surface area contributed by atoms with Gasteiger partial charge < -0.3 is 5.32 Å². The summed E-state index contributed by atoms with van der Waals surface area (Å²) >= 11 is 0. The molecule has 0 aliphatic heterocycles. The fourth-order valence-electron chi connectivity index (χ4n) is 3.23. The van der Waals surface area contributed by atoms with Crippen molar-refractivity contribution in [3.8, 4) is 11.5 Å². The Kier molecular flexibility index (Phi) is 4.63. The number of hydrogen-bond donors (Lipinski definition) is 1. The monoisotopic (exact) mass is 349 g/mol. The molecule has 8 nitrogen and oxygen atoms in total. The van der Waals surface area contributed by atoms with Gasteiger partial charge in [-0.1, -0.05) is 6.07 Å². The second kappa shape index (κ2) is 7.38. The minimum absolute atomic E-state index is 0.137. The molecule has 132 valence electrons. The summed E-state index contributed by atoms with van der Waals surface area (Å²) in [6.45, 7) is 0. The molecule has 4 rings (SSSR count). The van der Waals surface area contributed by atoms with E-state index in [1.165, 1.54) is 0 Å². The van der Waals surface area contributed by atoms with E-state index in [1.807, 2.05) is 22.9 Å². The second-order valence-electron chi connectivity index (χ2n) is 6.36. The molecule has 0 bridgehead atoms. The van der Waals surface area contributed by atoms with Crippen LogP contribution < -0.4 is 5.32 Å². The van der Waals surface area contributed by atoms with Crippen LogP contribution in [0.1, 0.15) is 42.1 Å². The summed E-state index contributed by atoms with van der Waals surface area (Å²) in [5.74, 6) is 0.372. The van der Waals surface area contributed by atoms with Gasteiger partial charge in [-0.15, -0.1) is 0 Å². The summed E-state index contributed by atoms with van der Waals surface area (Å²) in [6.07, 6.45) is 11.9. The number of pyridine rings is 1. The third-order valence-corrected chi connectivity index (χ3v) is 4.65. The van der Waals surface area contributed by atoms with Crippen molar-refractivity contribution in [3.05, 3.63) is 55.0 Å². The molecule has 0 saturated heterocycles. The lowest BCUT2D eigenvalue weighted by molar-refractivity contribution is 0.0921. The number of rotatable bonds is 4. The van der Waals surface area contributed by atoms with Crippen LogP contribution in [-0.4, -0.2) is 41.7 Å². The fraction of sp³-hybridized carbons (Fsp3) is 0.333. The first kappa shape index (κ1) is 16.3. The van der Waals surface area contributed by atoms with E-state index in [4.69, 9.17) is 0 Å². The minimum atomic E-state index is -0.137. The molecule has 1 aliphatic carbocycles. The van der Waals surface area contributed by atoms with Gasteiger partial charge in [0, 0.05) is 24.6 Å². The Balaban J connectivity index is 1.34. The predicted octanol–water partition coefficient (Wildman–Crippen LogP) is 2.04. The van der Waals surface area contributed by atoms with Crippen LogP contribution in [-0.2, 0) is 0 Å². The third kappa shape index (κ3) is 3.58. The first-order chi connectivity index (χ1) is 12.8. The van der Waals surface area contributed by atoms with Gasteiger partial charge in [0.1, 0.15) is 18.3 Å². The summed E-state index contributed by atoms with van der Waals surface area (Å²) < 4.78 is 1.90. The lowest BCUT2D eigenvalue weighted by Crippen LogP contribution is -2.38. The van der Waals surface area contributed by atoms with Crippen LogP contribution in [0.4, 0.5) is 0 Å². The van der Waals surface area contributed by atoms with Crippen molar-refractivity contribution in [1.82, 2.24) is 35.0 Å². The van der Waals surface area contributed by atoms with Crippen LogP contribution in [0.25, 0.3) is 11.5 Å². The van der Waals surface area contributed by atoms with Crippen LogP contribution in [0.5, 0.6) is 0 Å². The maximum Gasteiger partial charge on any atom is 0.254 e. The molecule has 0 atom stereocenters. The highest BCUT2D eigenvalue weighted by Gasteiger charge is 2.24. The summed E-state index contributed by atoms with van der Waals surface area (Å²) in [4.78, 5) is 29.2. The van der Waals surface area contributed by atoms with Gasteiger partial charge >= 0.3 is 0 Å². The van der Waals surface area contributed by atoms with E-state index in [9.17, 15) is 4.79 Å². The number of amides is 1. The first-order valence-corrected chi connectivity index (χ1v) is 8.68. The molecule has 3 aromatic heterocycles. The van der Waals surface area contributed by atoms with Gasteiger partial charge in [0.05, 0.1) is 11.6 Å². The van der Waals surface area contributed by atoms with E-state index in [-0.39, 0.29) is 11.9 Å². The smallest absolute Gasteiger partial charge is 0.254 e. The van der Waals surface area contributed by atoms with E-state index >= 15 is 0 Å². The van der Waals surface area contributed by atoms with Gasteiger partial charge in [-0.3, -0.25) is 9.78 Å². The summed E-state index contributed by atoms with van der Waals surface area (Å²) in [7, 11) is 0. The zero-order valence-electron chi connectivity index (χ0n) is 14.2. The van der Waals surface area contributed by atoms with E-state index in [2.05, 4.69) is 30.4 Å². The van der Waals surface area contributed by atoms with E-state index in [1.54, 1.807) is 31.2 Å². The number of carbonyl (C=O) groups is 1. The number of aromatic nitrogens is 6. The highest BCUT2D eigenvalue weighted by molar-refractivity contribution is 5.93. The van der Waals surface area contributed by atoms with E-state index in [0.29, 0.717) is 23.1 Å². The maximum atomic E-state index is 12.4. The average molecular weight is 349 g/mol. The normalized spacial score (nSPS) is 19.8. The zero-order valence-corrected chi connectivity index (χ0v) is 14.2. The Morgan fingerprint density at radius 1 is 1.08 bits per heavy atom. The molecule has 1 N–H and O–H groups in total. The standard InChI is InChI=1S/C18H19N7O/c26-18(13-9-21-17(22-10-13)16-3-1-2-8-20-16)24-14-4-6-15(7-5-14)25-12-19-11-23-25/h1-3,8-12,14-15H,4-7H2,(H,24,26). The third-order valence-electron chi connectivity index (χ3n) is 4.65. The topological polar surface area (TPSA) is 98.5 Å². The fourth-order valence-corrected chi connectivity index (χ4v) is 3.23. The van der Waals surface area contributed by atoms with Gasteiger partial charge in [-0.2, -0.15) is 5.10 Å². The van der Waals surface area contributed by atoms with Crippen molar-refractivity contribution in [2.45, 2.75) is 37.8 Å². The van der Waals surface area contributed by atoms with Gasteiger partial charge in [0.15, 0.2) is 5.82 Å².